The minimum Gasteiger partial charge on any atom is -0.375 e. The SMILES string of the molecule is CCS(=O)(=O)NC[C@@H]1COCc2c(C)nnn2C1. The van der Waals surface area contributed by atoms with Crippen molar-refractivity contribution in [2.45, 2.75) is 27.0 Å². The first-order valence-corrected chi connectivity index (χ1v) is 7.61. The molecule has 1 aliphatic heterocycles. The van der Waals surface area contributed by atoms with Crippen LogP contribution in [0.1, 0.15) is 18.3 Å². The molecule has 7 nitrogen and oxygen atoms in total. The lowest BCUT2D eigenvalue weighted by atomic mass is 10.1. The number of aryl methyl sites for hydroxylation is 1. The Labute approximate surface area is 107 Å². The van der Waals surface area contributed by atoms with Crippen LogP contribution in [-0.4, -0.2) is 42.3 Å². The maximum absolute atomic E-state index is 11.4. The van der Waals surface area contributed by atoms with Crippen LogP contribution in [0.15, 0.2) is 0 Å². The van der Waals surface area contributed by atoms with Gasteiger partial charge in [0.25, 0.3) is 0 Å². The molecule has 1 N–H and O–H groups in total. The zero-order valence-corrected chi connectivity index (χ0v) is 11.4. The van der Waals surface area contributed by atoms with E-state index < -0.39 is 10.0 Å². The van der Waals surface area contributed by atoms with Crippen LogP contribution in [0, 0.1) is 12.8 Å². The highest BCUT2D eigenvalue weighted by molar-refractivity contribution is 7.89. The third kappa shape index (κ3) is 3.06. The van der Waals surface area contributed by atoms with Gasteiger partial charge < -0.3 is 4.74 Å². The fraction of sp³-hybridized carbons (Fsp3) is 0.800. The molecular weight excluding hydrogens is 256 g/mol. The van der Waals surface area contributed by atoms with Crippen molar-refractivity contribution in [3.05, 3.63) is 11.4 Å². The summed E-state index contributed by atoms with van der Waals surface area (Å²) in [7, 11) is -3.15. The molecule has 2 rings (SSSR count). The summed E-state index contributed by atoms with van der Waals surface area (Å²) in [6.07, 6.45) is 0. The van der Waals surface area contributed by atoms with Gasteiger partial charge >= 0.3 is 0 Å². The monoisotopic (exact) mass is 274 g/mol. The maximum atomic E-state index is 11.4. The summed E-state index contributed by atoms with van der Waals surface area (Å²) in [5.74, 6) is 0.169. The van der Waals surface area contributed by atoms with Crippen LogP contribution in [0.25, 0.3) is 0 Å². The Morgan fingerprint density at radius 3 is 3.06 bits per heavy atom. The second-order valence-electron chi connectivity index (χ2n) is 4.44. The van der Waals surface area contributed by atoms with Gasteiger partial charge in [0, 0.05) is 19.0 Å². The predicted molar refractivity (Wildman–Crippen MR) is 65.4 cm³/mol. The van der Waals surface area contributed by atoms with Gasteiger partial charge in [-0.1, -0.05) is 5.21 Å². The Morgan fingerprint density at radius 1 is 1.56 bits per heavy atom. The highest BCUT2D eigenvalue weighted by Gasteiger charge is 2.21. The summed E-state index contributed by atoms with van der Waals surface area (Å²) >= 11 is 0. The van der Waals surface area contributed by atoms with Crippen molar-refractivity contribution >= 4 is 10.0 Å². The predicted octanol–water partition coefficient (Wildman–Crippen LogP) is -0.328. The Morgan fingerprint density at radius 2 is 2.33 bits per heavy atom. The average molecular weight is 274 g/mol. The summed E-state index contributed by atoms with van der Waals surface area (Å²) in [5, 5.41) is 8.03. The van der Waals surface area contributed by atoms with Gasteiger partial charge in [-0.3, -0.25) is 0 Å². The van der Waals surface area contributed by atoms with E-state index in [4.69, 9.17) is 4.74 Å². The highest BCUT2D eigenvalue weighted by atomic mass is 32.2. The molecule has 1 atom stereocenters. The average Bonchev–Trinajstić information content (AvgIpc) is 2.58. The molecule has 18 heavy (non-hydrogen) atoms. The number of nitrogens with one attached hydrogen (secondary N) is 1. The van der Waals surface area contributed by atoms with Gasteiger partial charge in [0.1, 0.15) is 0 Å². The van der Waals surface area contributed by atoms with Crippen molar-refractivity contribution in [2.75, 3.05) is 18.9 Å². The van der Waals surface area contributed by atoms with E-state index in [1.165, 1.54) is 0 Å². The molecule has 0 unspecified atom stereocenters. The number of aromatic nitrogens is 3. The van der Waals surface area contributed by atoms with E-state index in [0.29, 0.717) is 26.3 Å². The van der Waals surface area contributed by atoms with Crippen LogP contribution in [0.4, 0.5) is 0 Å². The molecule has 1 aliphatic rings. The summed E-state index contributed by atoms with van der Waals surface area (Å²) in [6, 6.07) is 0. The van der Waals surface area contributed by atoms with E-state index >= 15 is 0 Å². The third-order valence-electron chi connectivity index (χ3n) is 3.03. The van der Waals surface area contributed by atoms with Crippen LogP contribution in [0.2, 0.25) is 0 Å². The lowest BCUT2D eigenvalue weighted by molar-refractivity contribution is 0.0954. The Bertz CT molecular complexity index is 511. The molecule has 0 fully saturated rings. The zero-order chi connectivity index (χ0) is 13.2. The first kappa shape index (κ1) is 13.4. The van der Waals surface area contributed by atoms with E-state index in [9.17, 15) is 8.42 Å². The summed E-state index contributed by atoms with van der Waals surface area (Å²) in [5.41, 5.74) is 1.83. The lowest BCUT2D eigenvalue weighted by Gasteiger charge is -2.14. The number of fused-ring (bicyclic) bond motifs is 1. The van der Waals surface area contributed by atoms with E-state index in [-0.39, 0.29) is 11.7 Å². The van der Waals surface area contributed by atoms with Gasteiger partial charge in [-0.25, -0.2) is 17.8 Å². The van der Waals surface area contributed by atoms with Crippen molar-refractivity contribution in [2.24, 2.45) is 5.92 Å². The van der Waals surface area contributed by atoms with Crippen LogP contribution < -0.4 is 4.72 Å². The molecule has 1 aromatic heterocycles. The summed E-state index contributed by atoms with van der Waals surface area (Å²) < 4.78 is 32.7. The molecule has 0 saturated carbocycles. The number of ether oxygens (including phenoxy) is 1. The fourth-order valence-electron chi connectivity index (χ4n) is 1.84. The lowest BCUT2D eigenvalue weighted by Crippen LogP contribution is -2.33. The van der Waals surface area contributed by atoms with Gasteiger partial charge in [-0.05, 0) is 13.8 Å². The van der Waals surface area contributed by atoms with E-state index in [1.807, 2.05) is 6.92 Å². The second-order valence-corrected chi connectivity index (χ2v) is 6.53. The molecule has 8 heteroatoms. The van der Waals surface area contributed by atoms with Gasteiger partial charge in [0.2, 0.25) is 10.0 Å². The van der Waals surface area contributed by atoms with Crippen molar-refractivity contribution < 1.29 is 13.2 Å². The minimum absolute atomic E-state index is 0.0775. The Balaban J connectivity index is 2.00. The van der Waals surface area contributed by atoms with Crippen LogP contribution in [0.3, 0.4) is 0 Å². The Kier molecular flexibility index (Phi) is 3.98. The van der Waals surface area contributed by atoms with Crippen molar-refractivity contribution in [3.63, 3.8) is 0 Å². The van der Waals surface area contributed by atoms with E-state index in [0.717, 1.165) is 11.4 Å². The normalized spacial score (nSPS) is 20.4. The molecule has 1 aromatic rings. The molecule has 0 aromatic carbocycles. The van der Waals surface area contributed by atoms with Gasteiger partial charge in [0.05, 0.1) is 30.4 Å². The van der Waals surface area contributed by atoms with Crippen LogP contribution in [-0.2, 0) is 27.9 Å². The minimum atomic E-state index is -3.15. The zero-order valence-electron chi connectivity index (χ0n) is 10.6. The molecule has 0 spiro atoms. The number of hydrogen-bond donors (Lipinski definition) is 1. The molecule has 0 aliphatic carbocycles. The number of sulfonamides is 1. The van der Waals surface area contributed by atoms with Crippen molar-refractivity contribution in [3.8, 4) is 0 Å². The summed E-state index contributed by atoms with van der Waals surface area (Å²) in [6.45, 7) is 5.51. The van der Waals surface area contributed by atoms with Crippen LogP contribution >= 0.6 is 0 Å². The van der Waals surface area contributed by atoms with Crippen molar-refractivity contribution in [1.29, 1.82) is 0 Å². The molecule has 0 bridgehead atoms. The highest BCUT2D eigenvalue weighted by Crippen LogP contribution is 2.14. The molecular formula is C10H18N4O3S. The molecule has 0 radical (unpaired) electrons. The van der Waals surface area contributed by atoms with E-state index in [2.05, 4.69) is 15.0 Å². The molecule has 0 saturated heterocycles. The molecule has 0 amide bonds. The quantitative estimate of drug-likeness (QED) is 0.812. The molecule has 2 heterocycles. The van der Waals surface area contributed by atoms with Gasteiger partial charge in [-0.2, -0.15) is 0 Å². The van der Waals surface area contributed by atoms with Crippen LogP contribution in [0.5, 0.6) is 0 Å². The topological polar surface area (TPSA) is 86.1 Å². The number of hydrogen-bond acceptors (Lipinski definition) is 5. The Hall–Kier alpha value is -0.990. The smallest absolute Gasteiger partial charge is 0.211 e. The number of nitrogens with zero attached hydrogens (tertiary/aromatic N) is 3. The standard InChI is InChI=1S/C10H18N4O3S/c1-3-18(15,16)11-4-9-5-14-10(7-17-6-9)8(2)12-13-14/h9,11H,3-7H2,1-2H3/t9-/m0/s1. The summed E-state index contributed by atoms with van der Waals surface area (Å²) in [4.78, 5) is 0. The second kappa shape index (κ2) is 5.33. The third-order valence-corrected chi connectivity index (χ3v) is 4.39. The molecule has 102 valence electrons. The first-order chi connectivity index (χ1) is 8.52. The van der Waals surface area contributed by atoms with Crippen molar-refractivity contribution in [1.82, 2.24) is 19.7 Å². The fourth-order valence-corrected chi connectivity index (χ4v) is 2.53. The van der Waals surface area contributed by atoms with Gasteiger partial charge in [-0.15, -0.1) is 5.10 Å². The van der Waals surface area contributed by atoms with E-state index in [1.54, 1.807) is 11.6 Å². The largest absolute Gasteiger partial charge is 0.375 e. The number of rotatable bonds is 4. The maximum Gasteiger partial charge on any atom is 0.211 e. The van der Waals surface area contributed by atoms with Gasteiger partial charge in [0.15, 0.2) is 0 Å². The first-order valence-electron chi connectivity index (χ1n) is 5.96.